The van der Waals surface area contributed by atoms with Crippen LogP contribution in [0, 0.1) is 0 Å². The summed E-state index contributed by atoms with van der Waals surface area (Å²) in [5, 5.41) is 62.7. The molecule has 0 heterocycles. The van der Waals surface area contributed by atoms with Crippen molar-refractivity contribution in [2.45, 2.75) is 6.54 Å². The fourth-order valence-electron chi connectivity index (χ4n) is 2.81. The first kappa shape index (κ1) is 22.8. The third-order valence-corrected chi connectivity index (χ3v) is 4.59. The van der Waals surface area contributed by atoms with Crippen molar-refractivity contribution < 1.29 is 40.2 Å². The van der Waals surface area contributed by atoms with Gasteiger partial charge < -0.3 is 41.3 Å². The van der Waals surface area contributed by atoms with E-state index in [0.29, 0.717) is 5.56 Å². The maximum absolute atomic E-state index is 12.5. The van der Waals surface area contributed by atoms with E-state index in [1.807, 2.05) is 0 Å². The van der Waals surface area contributed by atoms with Crippen LogP contribution >= 0.6 is 0 Å². The van der Waals surface area contributed by atoms with E-state index in [2.05, 4.69) is 10.6 Å². The molecule has 0 saturated carbocycles. The van der Waals surface area contributed by atoms with E-state index in [0.717, 1.165) is 18.2 Å². The van der Waals surface area contributed by atoms with Gasteiger partial charge in [-0.05, 0) is 54.1 Å². The molecule has 0 aliphatic rings. The molecule has 0 aromatic heterocycles. The maximum atomic E-state index is 12.5. The van der Waals surface area contributed by atoms with Crippen LogP contribution in [0.2, 0.25) is 0 Å². The first-order valence-corrected chi connectivity index (χ1v) is 9.50. The number of phenolic OH excluding ortho intramolecular Hbond substituents is 6. The van der Waals surface area contributed by atoms with Crippen LogP contribution < -0.4 is 10.6 Å². The molecule has 0 atom stereocenters. The Labute approximate surface area is 187 Å². The Hall–Kier alpha value is -4.86. The summed E-state index contributed by atoms with van der Waals surface area (Å²) in [6, 6.07) is 10.0. The molecule has 0 unspecified atom stereocenters. The number of carbonyl (C=O) groups excluding carboxylic acids is 2. The highest BCUT2D eigenvalue weighted by atomic mass is 16.3. The second kappa shape index (κ2) is 9.52. The smallest absolute Gasteiger partial charge is 0.255 e. The molecule has 3 rings (SSSR count). The Morgan fingerprint density at radius 3 is 2.06 bits per heavy atom. The predicted octanol–water partition coefficient (Wildman–Crippen LogP) is 2.50. The first-order chi connectivity index (χ1) is 15.7. The number of carbonyl (C=O) groups is 2. The number of amides is 2. The molecule has 10 nitrogen and oxygen atoms in total. The molecule has 3 aromatic carbocycles. The van der Waals surface area contributed by atoms with Crippen LogP contribution in [0.25, 0.3) is 6.08 Å². The highest BCUT2D eigenvalue weighted by molar-refractivity contribution is 6.07. The van der Waals surface area contributed by atoms with E-state index < -0.39 is 34.8 Å². The Morgan fingerprint density at radius 2 is 1.39 bits per heavy atom. The van der Waals surface area contributed by atoms with Crippen molar-refractivity contribution in [3.05, 3.63) is 71.3 Å². The summed E-state index contributed by atoms with van der Waals surface area (Å²) < 4.78 is 0. The highest BCUT2D eigenvalue weighted by Gasteiger charge is 2.16. The van der Waals surface area contributed by atoms with Gasteiger partial charge in [-0.25, -0.2) is 0 Å². The fourth-order valence-corrected chi connectivity index (χ4v) is 2.81. The summed E-state index contributed by atoms with van der Waals surface area (Å²) in [5.41, 5.74) is 0.524. The number of phenols is 6. The molecule has 170 valence electrons. The lowest BCUT2D eigenvalue weighted by Gasteiger charge is -2.12. The van der Waals surface area contributed by atoms with Crippen LogP contribution in [0.4, 0.5) is 5.69 Å². The molecule has 0 aliphatic carbocycles. The van der Waals surface area contributed by atoms with Gasteiger partial charge in [-0.15, -0.1) is 0 Å². The molecule has 10 heteroatoms. The number of hydrogen-bond donors (Lipinski definition) is 8. The number of anilines is 1. The fraction of sp³-hybridized carbons (Fsp3) is 0.0435. The van der Waals surface area contributed by atoms with Crippen LogP contribution in [0.1, 0.15) is 21.5 Å². The monoisotopic (exact) mass is 452 g/mol. The summed E-state index contributed by atoms with van der Waals surface area (Å²) in [7, 11) is 0. The van der Waals surface area contributed by atoms with Crippen LogP contribution in [0.15, 0.2) is 54.6 Å². The van der Waals surface area contributed by atoms with Gasteiger partial charge in [0, 0.05) is 23.7 Å². The Balaban J connectivity index is 1.75. The molecular weight excluding hydrogens is 432 g/mol. The zero-order valence-corrected chi connectivity index (χ0v) is 17.0. The molecule has 8 N–H and O–H groups in total. The van der Waals surface area contributed by atoms with Crippen LogP contribution in [-0.2, 0) is 11.3 Å². The van der Waals surface area contributed by atoms with Gasteiger partial charge in [-0.2, -0.15) is 0 Å². The minimum atomic E-state index is -0.752. The molecule has 33 heavy (non-hydrogen) atoms. The van der Waals surface area contributed by atoms with Crippen molar-refractivity contribution in [2.24, 2.45) is 0 Å². The highest BCUT2D eigenvalue weighted by Crippen LogP contribution is 2.37. The van der Waals surface area contributed by atoms with Gasteiger partial charge in [0.05, 0.1) is 5.69 Å². The molecule has 2 amide bonds. The van der Waals surface area contributed by atoms with Gasteiger partial charge in [0.1, 0.15) is 0 Å². The quantitative estimate of drug-likeness (QED) is 0.207. The van der Waals surface area contributed by atoms with E-state index in [4.69, 9.17) is 0 Å². The lowest BCUT2D eigenvalue weighted by molar-refractivity contribution is -0.116. The average molecular weight is 452 g/mol. The lowest BCUT2D eigenvalue weighted by atomic mass is 10.1. The molecule has 0 saturated heterocycles. The first-order valence-electron chi connectivity index (χ1n) is 9.50. The molecule has 0 fully saturated rings. The number of benzene rings is 3. The third kappa shape index (κ3) is 5.44. The zero-order chi connectivity index (χ0) is 24.1. The number of hydrogen-bond acceptors (Lipinski definition) is 8. The van der Waals surface area contributed by atoms with E-state index in [1.165, 1.54) is 42.5 Å². The number of nitrogens with one attached hydrogen (secondary N) is 2. The largest absolute Gasteiger partial charge is 0.504 e. The van der Waals surface area contributed by atoms with Crippen LogP contribution in [0.5, 0.6) is 34.5 Å². The van der Waals surface area contributed by atoms with Gasteiger partial charge in [-0.3, -0.25) is 9.59 Å². The van der Waals surface area contributed by atoms with E-state index >= 15 is 0 Å². The third-order valence-electron chi connectivity index (χ3n) is 4.59. The SMILES string of the molecule is O=C(C=Cc1ccc(O)c(O)c1NC(=O)c1ccc(O)c(O)c1)NCc1ccc(O)c(O)c1. The Bertz CT molecular complexity index is 1250. The topological polar surface area (TPSA) is 180 Å². The zero-order valence-electron chi connectivity index (χ0n) is 17.0. The van der Waals surface area contributed by atoms with Gasteiger partial charge in [-0.1, -0.05) is 6.07 Å². The number of rotatable bonds is 6. The van der Waals surface area contributed by atoms with E-state index in [1.54, 1.807) is 0 Å². The molecule has 3 aromatic rings. The minimum Gasteiger partial charge on any atom is -0.504 e. The lowest BCUT2D eigenvalue weighted by Crippen LogP contribution is -2.20. The Kier molecular flexibility index (Phi) is 6.58. The number of aromatic hydroxyl groups is 6. The molecular formula is C23H20N2O8. The normalized spacial score (nSPS) is 10.8. The summed E-state index contributed by atoms with van der Waals surface area (Å²) >= 11 is 0. The average Bonchev–Trinajstić information content (AvgIpc) is 2.78. The maximum Gasteiger partial charge on any atom is 0.255 e. The van der Waals surface area contributed by atoms with Crippen molar-refractivity contribution in [1.82, 2.24) is 5.32 Å². The van der Waals surface area contributed by atoms with Gasteiger partial charge >= 0.3 is 0 Å². The van der Waals surface area contributed by atoms with Crippen molar-refractivity contribution in [3.63, 3.8) is 0 Å². The van der Waals surface area contributed by atoms with E-state index in [9.17, 15) is 40.2 Å². The second-order valence-corrected chi connectivity index (χ2v) is 6.93. The van der Waals surface area contributed by atoms with Gasteiger partial charge in [0.15, 0.2) is 34.5 Å². The summed E-state index contributed by atoms with van der Waals surface area (Å²) in [5.74, 6) is -3.95. The van der Waals surface area contributed by atoms with Gasteiger partial charge in [0.2, 0.25) is 5.91 Å². The summed E-state index contributed by atoms with van der Waals surface area (Å²) in [6.45, 7) is 0.0613. The second-order valence-electron chi connectivity index (χ2n) is 6.93. The van der Waals surface area contributed by atoms with Crippen LogP contribution in [0.3, 0.4) is 0 Å². The molecule has 0 radical (unpaired) electrons. The van der Waals surface area contributed by atoms with Crippen LogP contribution in [-0.4, -0.2) is 42.5 Å². The summed E-state index contributed by atoms with van der Waals surface area (Å²) in [4.78, 5) is 24.7. The Morgan fingerprint density at radius 1 is 0.758 bits per heavy atom. The minimum absolute atomic E-state index is 0.0298. The van der Waals surface area contributed by atoms with Crippen molar-refractivity contribution >= 4 is 23.6 Å². The van der Waals surface area contributed by atoms with Crippen molar-refractivity contribution in [1.29, 1.82) is 0 Å². The molecule has 0 aliphatic heterocycles. The molecule has 0 bridgehead atoms. The van der Waals surface area contributed by atoms with Crippen molar-refractivity contribution in [2.75, 3.05) is 5.32 Å². The standard InChI is InChI=1S/C23H20N2O8/c26-15-5-1-12(9-18(15)29)11-24-20(31)8-4-13-2-7-17(28)22(32)21(13)25-23(33)14-3-6-16(27)19(30)10-14/h1-10,26-30,32H,11H2,(H,24,31)(H,25,33). The molecule has 0 spiro atoms. The van der Waals surface area contributed by atoms with E-state index in [-0.39, 0.29) is 34.9 Å². The summed E-state index contributed by atoms with van der Waals surface area (Å²) in [6.07, 6.45) is 2.43. The van der Waals surface area contributed by atoms with Crippen molar-refractivity contribution in [3.8, 4) is 34.5 Å². The predicted molar refractivity (Wildman–Crippen MR) is 118 cm³/mol. The van der Waals surface area contributed by atoms with Gasteiger partial charge in [0.25, 0.3) is 5.91 Å².